The zero-order chi connectivity index (χ0) is 13.1. The average molecular weight is 237 g/mol. The Hall–Kier alpha value is -1.06. The zero-order valence-corrected chi connectivity index (χ0v) is 11.4. The lowest BCUT2D eigenvalue weighted by molar-refractivity contribution is 0.214. The number of nitrogens with zero attached hydrogens (tertiary/aromatic N) is 1. The van der Waals surface area contributed by atoms with Crippen LogP contribution in [0.5, 0.6) is 5.75 Å². The Morgan fingerprint density at radius 3 is 2.41 bits per heavy atom. The van der Waals surface area contributed by atoms with Gasteiger partial charge in [-0.15, -0.1) is 0 Å². The van der Waals surface area contributed by atoms with Crippen molar-refractivity contribution in [2.45, 2.75) is 25.8 Å². The van der Waals surface area contributed by atoms with E-state index < -0.39 is 0 Å². The molecule has 1 aromatic rings. The van der Waals surface area contributed by atoms with Gasteiger partial charge in [-0.3, -0.25) is 0 Å². The van der Waals surface area contributed by atoms with Gasteiger partial charge in [-0.1, -0.05) is 26.0 Å². The monoisotopic (exact) mass is 237 g/mol. The smallest absolute Gasteiger partial charge is 0.122 e. The molecule has 0 aliphatic rings. The maximum absolute atomic E-state index is 9.47. The van der Waals surface area contributed by atoms with E-state index in [0.717, 1.165) is 17.9 Å². The van der Waals surface area contributed by atoms with Crippen LogP contribution in [0, 0.1) is 0 Å². The highest BCUT2D eigenvalue weighted by atomic mass is 16.5. The van der Waals surface area contributed by atoms with Crippen molar-refractivity contribution in [2.24, 2.45) is 0 Å². The molecular formula is C14H23NO2. The predicted molar refractivity (Wildman–Crippen MR) is 70.5 cm³/mol. The molecule has 0 fully saturated rings. The molecule has 0 bridgehead atoms. The van der Waals surface area contributed by atoms with Crippen molar-refractivity contribution in [1.29, 1.82) is 0 Å². The lowest BCUT2D eigenvalue weighted by Crippen LogP contribution is -2.23. The number of hydrogen-bond donors (Lipinski definition) is 1. The van der Waals surface area contributed by atoms with Gasteiger partial charge in [-0.25, -0.2) is 0 Å². The number of hydrogen-bond acceptors (Lipinski definition) is 3. The van der Waals surface area contributed by atoms with E-state index in [4.69, 9.17) is 4.74 Å². The first-order valence-electron chi connectivity index (χ1n) is 5.83. The highest BCUT2D eigenvalue weighted by Gasteiger charge is 2.23. The summed E-state index contributed by atoms with van der Waals surface area (Å²) >= 11 is 0. The Morgan fingerprint density at radius 2 is 1.94 bits per heavy atom. The van der Waals surface area contributed by atoms with Crippen LogP contribution in [0.2, 0.25) is 0 Å². The molecule has 1 aromatic carbocycles. The summed E-state index contributed by atoms with van der Waals surface area (Å²) in [7, 11) is 5.75. The molecule has 0 aliphatic heterocycles. The molecule has 0 unspecified atom stereocenters. The summed E-state index contributed by atoms with van der Waals surface area (Å²) in [6.45, 7) is 5.03. The van der Waals surface area contributed by atoms with E-state index >= 15 is 0 Å². The second-order valence-electron chi connectivity index (χ2n) is 5.31. The van der Waals surface area contributed by atoms with Crippen LogP contribution >= 0.6 is 0 Å². The minimum absolute atomic E-state index is 0.106. The number of rotatable bonds is 5. The third-order valence-corrected chi connectivity index (χ3v) is 2.89. The van der Waals surface area contributed by atoms with E-state index in [2.05, 4.69) is 17.0 Å². The molecule has 0 spiro atoms. The Balaban J connectivity index is 3.15. The highest BCUT2D eigenvalue weighted by molar-refractivity contribution is 5.42. The molecule has 0 atom stereocenters. The fourth-order valence-electron chi connectivity index (χ4n) is 1.83. The van der Waals surface area contributed by atoms with E-state index in [0.29, 0.717) is 0 Å². The van der Waals surface area contributed by atoms with E-state index in [1.165, 1.54) is 5.56 Å². The van der Waals surface area contributed by atoms with Gasteiger partial charge in [-0.05, 0) is 25.7 Å². The zero-order valence-electron chi connectivity index (χ0n) is 11.4. The maximum atomic E-state index is 9.47. The van der Waals surface area contributed by atoms with Crippen molar-refractivity contribution < 1.29 is 9.84 Å². The third kappa shape index (κ3) is 3.45. The van der Waals surface area contributed by atoms with E-state index in [1.807, 2.05) is 34.0 Å². The quantitative estimate of drug-likeness (QED) is 0.850. The minimum atomic E-state index is -0.284. The van der Waals surface area contributed by atoms with Crippen LogP contribution in [0.4, 0.5) is 0 Å². The minimum Gasteiger partial charge on any atom is -0.496 e. The van der Waals surface area contributed by atoms with Crippen molar-refractivity contribution in [3.8, 4) is 5.75 Å². The number of methoxy groups -OCH3 is 1. The van der Waals surface area contributed by atoms with E-state index in [9.17, 15) is 5.11 Å². The van der Waals surface area contributed by atoms with Crippen molar-refractivity contribution in [2.75, 3.05) is 27.8 Å². The Labute approximate surface area is 104 Å². The first kappa shape index (κ1) is 14.0. The molecule has 3 nitrogen and oxygen atoms in total. The Kier molecular flexibility index (Phi) is 4.54. The van der Waals surface area contributed by atoms with E-state index in [1.54, 1.807) is 7.11 Å². The van der Waals surface area contributed by atoms with Gasteiger partial charge in [0.25, 0.3) is 0 Å². The molecule has 0 amide bonds. The van der Waals surface area contributed by atoms with Crippen LogP contribution in [0.15, 0.2) is 18.2 Å². The van der Waals surface area contributed by atoms with Crippen LogP contribution < -0.4 is 4.74 Å². The van der Waals surface area contributed by atoms with Gasteiger partial charge in [0.15, 0.2) is 0 Å². The van der Waals surface area contributed by atoms with Crippen LogP contribution in [0.1, 0.15) is 25.0 Å². The van der Waals surface area contributed by atoms with Gasteiger partial charge in [-0.2, -0.15) is 0 Å². The van der Waals surface area contributed by atoms with E-state index in [-0.39, 0.29) is 12.0 Å². The van der Waals surface area contributed by atoms with Gasteiger partial charge in [0.1, 0.15) is 5.75 Å². The summed E-state index contributed by atoms with van der Waals surface area (Å²) in [6, 6.07) is 6.16. The Bertz CT molecular complexity index is 372. The molecule has 0 heterocycles. The van der Waals surface area contributed by atoms with Crippen molar-refractivity contribution in [1.82, 2.24) is 4.90 Å². The van der Waals surface area contributed by atoms with Crippen LogP contribution in [-0.4, -0.2) is 37.8 Å². The Morgan fingerprint density at radius 1 is 1.29 bits per heavy atom. The van der Waals surface area contributed by atoms with Gasteiger partial charge < -0.3 is 14.7 Å². The number of ether oxygens (including phenoxy) is 1. The number of aliphatic hydroxyl groups is 1. The predicted octanol–water partition coefficient (Wildman–Crippen LogP) is 2.03. The van der Waals surface area contributed by atoms with Gasteiger partial charge >= 0.3 is 0 Å². The van der Waals surface area contributed by atoms with Gasteiger partial charge in [0, 0.05) is 17.5 Å². The molecule has 0 saturated heterocycles. The molecule has 1 N–H and O–H groups in total. The van der Waals surface area contributed by atoms with Crippen LogP contribution in [0.25, 0.3) is 0 Å². The van der Waals surface area contributed by atoms with Crippen molar-refractivity contribution in [3.05, 3.63) is 29.3 Å². The highest BCUT2D eigenvalue weighted by Crippen LogP contribution is 2.32. The van der Waals surface area contributed by atoms with Crippen LogP contribution in [-0.2, 0) is 12.0 Å². The molecule has 3 heteroatoms. The van der Waals surface area contributed by atoms with Gasteiger partial charge in [0.2, 0.25) is 0 Å². The molecule has 17 heavy (non-hydrogen) atoms. The molecule has 0 aliphatic carbocycles. The maximum Gasteiger partial charge on any atom is 0.122 e. The summed E-state index contributed by atoms with van der Waals surface area (Å²) in [4.78, 5) is 2.12. The normalized spacial score (nSPS) is 11.9. The van der Waals surface area contributed by atoms with Crippen molar-refractivity contribution >= 4 is 0 Å². The first-order valence-corrected chi connectivity index (χ1v) is 5.83. The summed E-state index contributed by atoms with van der Waals surface area (Å²) in [5, 5.41) is 9.47. The fourth-order valence-corrected chi connectivity index (χ4v) is 1.83. The largest absolute Gasteiger partial charge is 0.496 e. The van der Waals surface area contributed by atoms with Gasteiger partial charge in [0.05, 0.1) is 13.7 Å². The summed E-state index contributed by atoms with van der Waals surface area (Å²) < 4.78 is 5.37. The van der Waals surface area contributed by atoms with Crippen LogP contribution in [0.3, 0.4) is 0 Å². The third-order valence-electron chi connectivity index (χ3n) is 2.89. The topological polar surface area (TPSA) is 32.7 Å². The lowest BCUT2D eigenvalue weighted by Gasteiger charge is -2.25. The first-order chi connectivity index (χ1) is 7.90. The molecule has 0 aromatic heterocycles. The van der Waals surface area contributed by atoms with Crippen molar-refractivity contribution in [3.63, 3.8) is 0 Å². The molecule has 96 valence electrons. The number of aliphatic hydroxyl groups excluding tert-OH is 1. The number of benzene rings is 1. The molecular weight excluding hydrogens is 214 g/mol. The molecule has 0 saturated carbocycles. The summed E-state index contributed by atoms with van der Waals surface area (Å²) in [6.07, 6.45) is 0. The average Bonchev–Trinajstić information content (AvgIpc) is 2.28. The second kappa shape index (κ2) is 5.52. The molecule has 1 rings (SSSR count). The standard InChI is InChI=1S/C14H23NO2/c1-14(2,10-16)12-8-11(9-15(3)4)6-7-13(12)17-5/h6-8,16H,9-10H2,1-5H3. The SMILES string of the molecule is COc1ccc(CN(C)C)cc1C(C)(C)CO. The lowest BCUT2D eigenvalue weighted by atomic mass is 9.84. The fraction of sp³-hybridized carbons (Fsp3) is 0.571. The summed E-state index contributed by atoms with van der Waals surface area (Å²) in [5.74, 6) is 0.839. The second-order valence-corrected chi connectivity index (χ2v) is 5.31. The summed E-state index contributed by atoms with van der Waals surface area (Å²) in [5.41, 5.74) is 2.00. The molecule has 0 radical (unpaired) electrons.